The predicted molar refractivity (Wildman–Crippen MR) is 83.2 cm³/mol. The SMILES string of the molecule is O=C(N/N=C1/CCCc2ccccc21)c1cc(O)ccc1O. The summed E-state index contributed by atoms with van der Waals surface area (Å²) in [6.07, 6.45) is 2.79. The number of hydrazone groups is 1. The fourth-order valence-electron chi connectivity index (χ4n) is 2.60. The molecule has 1 amide bonds. The zero-order chi connectivity index (χ0) is 15.5. The minimum atomic E-state index is -0.552. The van der Waals surface area contributed by atoms with Crippen molar-refractivity contribution in [2.45, 2.75) is 19.3 Å². The average Bonchev–Trinajstić information content (AvgIpc) is 2.54. The van der Waals surface area contributed by atoms with Gasteiger partial charge in [0.2, 0.25) is 0 Å². The topological polar surface area (TPSA) is 81.9 Å². The van der Waals surface area contributed by atoms with E-state index in [9.17, 15) is 15.0 Å². The Morgan fingerprint density at radius 3 is 2.77 bits per heavy atom. The normalized spacial score (nSPS) is 15.4. The Labute approximate surface area is 127 Å². The molecule has 5 heteroatoms. The Morgan fingerprint density at radius 1 is 1.09 bits per heavy atom. The monoisotopic (exact) mass is 296 g/mol. The molecule has 0 unspecified atom stereocenters. The maximum absolute atomic E-state index is 12.1. The Morgan fingerprint density at radius 2 is 1.91 bits per heavy atom. The molecule has 0 spiro atoms. The second-order valence-corrected chi connectivity index (χ2v) is 5.21. The number of aromatic hydroxyl groups is 2. The van der Waals surface area contributed by atoms with Gasteiger partial charge < -0.3 is 10.2 Å². The molecule has 0 atom stereocenters. The highest BCUT2D eigenvalue weighted by molar-refractivity contribution is 6.04. The Kier molecular flexibility index (Phi) is 3.78. The molecular formula is C17H16N2O3. The summed E-state index contributed by atoms with van der Waals surface area (Å²) in [5, 5.41) is 23.3. The number of hydrogen-bond donors (Lipinski definition) is 3. The molecule has 0 aliphatic heterocycles. The maximum Gasteiger partial charge on any atom is 0.275 e. The van der Waals surface area contributed by atoms with E-state index in [2.05, 4.69) is 16.6 Å². The molecule has 3 rings (SSSR count). The Balaban J connectivity index is 1.83. The second-order valence-electron chi connectivity index (χ2n) is 5.21. The van der Waals surface area contributed by atoms with Crippen molar-refractivity contribution in [2.24, 2.45) is 5.10 Å². The molecule has 1 aliphatic carbocycles. The summed E-state index contributed by atoms with van der Waals surface area (Å²) in [6.45, 7) is 0. The van der Waals surface area contributed by atoms with Crippen LogP contribution in [0.3, 0.4) is 0 Å². The van der Waals surface area contributed by atoms with Crippen LogP contribution < -0.4 is 5.43 Å². The van der Waals surface area contributed by atoms with E-state index in [0.717, 1.165) is 30.5 Å². The molecule has 0 bridgehead atoms. The van der Waals surface area contributed by atoms with E-state index in [1.165, 1.54) is 23.8 Å². The highest BCUT2D eigenvalue weighted by atomic mass is 16.3. The van der Waals surface area contributed by atoms with Crippen LogP contribution in [0.4, 0.5) is 0 Å². The van der Waals surface area contributed by atoms with Gasteiger partial charge in [-0.25, -0.2) is 5.43 Å². The summed E-state index contributed by atoms with van der Waals surface area (Å²) in [4.78, 5) is 12.1. The van der Waals surface area contributed by atoms with Crippen molar-refractivity contribution in [3.8, 4) is 11.5 Å². The lowest BCUT2D eigenvalue weighted by Gasteiger charge is -2.17. The minimum Gasteiger partial charge on any atom is -0.508 e. The largest absolute Gasteiger partial charge is 0.508 e. The van der Waals surface area contributed by atoms with Crippen molar-refractivity contribution >= 4 is 11.6 Å². The molecule has 1 aliphatic rings. The van der Waals surface area contributed by atoms with Crippen LogP contribution in [0.15, 0.2) is 47.6 Å². The van der Waals surface area contributed by atoms with Gasteiger partial charge in [0.15, 0.2) is 0 Å². The molecule has 0 aromatic heterocycles. The van der Waals surface area contributed by atoms with Crippen LogP contribution in [-0.2, 0) is 6.42 Å². The first kappa shape index (κ1) is 14.1. The molecule has 0 saturated heterocycles. The van der Waals surface area contributed by atoms with Gasteiger partial charge >= 0.3 is 0 Å². The number of phenolic OH excluding ortho intramolecular Hbond substituents is 2. The van der Waals surface area contributed by atoms with Crippen molar-refractivity contribution in [3.05, 3.63) is 59.2 Å². The molecule has 22 heavy (non-hydrogen) atoms. The Hall–Kier alpha value is -2.82. The van der Waals surface area contributed by atoms with E-state index >= 15 is 0 Å². The summed E-state index contributed by atoms with van der Waals surface area (Å²) in [5.74, 6) is -0.831. The number of nitrogens with one attached hydrogen (secondary N) is 1. The van der Waals surface area contributed by atoms with Crippen LogP contribution in [-0.4, -0.2) is 21.8 Å². The van der Waals surface area contributed by atoms with Gasteiger partial charge in [0.25, 0.3) is 5.91 Å². The molecule has 2 aromatic rings. The van der Waals surface area contributed by atoms with E-state index in [0.29, 0.717) is 0 Å². The third-order valence-corrected chi connectivity index (χ3v) is 3.71. The highest BCUT2D eigenvalue weighted by Crippen LogP contribution is 2.23. The second kappa shape index (κ2) is 5.89. The number of amides is 1. The third kappa shape index (κ3) is 2.79. The van der Waals surface area contributed by atoms with Crippen LogP contribution in [0.25, 0.3) is 0 Å². The lowest BCUT2D eigenvalue weighted by atomic mass is 9.90. The quantitative estimate of drug-likeness (QED) is 0.588. The van der Waals surface area contributed by atoms with Gasteiger partial charge in [-0.15, -0.1) is 0 Å². The van der Waals surface area contributed by atoms with Crippen molar-refractivity contribution < 1.29 is 15.0 Å². The lowest BCUT2D eigenvalue weighted by Crippen LogP contribution is -2.22. The first-order chi connectivity index (χ1) is 10.6. The number of carbonyl (C=O) groups excluding carboxylic acids is 1. The number of nitrogens with zero attached hydrogens (tertiary/aromatic N) is 1. The number of rotatable bonds is 2. The van der Waals surface area contributed by atoms with E-state index in [1.54, 1.807) is 0 Å². The molecule has 2 aromatic carbocycles. The molecular weight excluding hydrogens is 280 g/mol. The van der Waals surface area contributed by atoms with Crippen molar-refractivity contribution in [2.75, 3.05) is 0 Å². The summed E-state index contributed by atoms with van der Waals surface area (Å²) >= 11 is 0. The summed E-state index contributed by atoms with van der Waals surface area (Å²) in [5.41, 5.74) is 5.55. The first-order valence-electron chi connectivity index (χ1n) is 7.12. The number of phenols is 2. The molecule has 0 saturated carbocycles. The fourth-order valence-corrected chi connectivity index (χ4v) is 2.60. The molecule has 112 valence electrons. The van der Waals surface area contributed by atoms with E-state index in [4.69, 9.17) is 0 Å². The number of fused-ring (bicyclic) bond motifs is 1. The van der Waals surface area contributed by atoms with Gasteiger partial charge in [-0.3, -0.25) is 4.79 Å². The fraction of sp³-hybridized carbons (Fsp3) is 0.176. The zero-order valence-electron chi connectivity index (χ0n) is 11.9. The minimum absolute atomic E-state index is 0.00607. The van der Waals surface area contributed by atoms with Crippen LogP contribution in [0.5, 0.6) is 11.5 Å². The van der Waals surface area contributed by atoms with E-state index < -0.39 is 5.91 Å². The lowest BCUT2D eigenvalue weighted by molar-refractivity contribution is 0.0951. The van der Waals surface area contributed by atoms with Gasteiger partial charge in [-0.05, 0) is 43.0 Å². The Bertz CT molecular complexity index is 753. The average molecular weight is 296 g/mol. The van der Waals surface area contributed by atoms with Crippen molar-refractivity contribution in [1.82, 2.24) is 5.43 Å². The van der Waals surface area contributed by atoms with Crippen LogP contribution >= 0.6 is 0 Å². The number of aryl methyl sites for hydroxylation is 1. The third-order valence-electron chi connectivity index (χ3n) is 3.71. The highest BCUT2D eigenvalue weighted by Gasteiger charge is 2.16. The standard InChI is InChI=1S/C17H16N2O3/c20-12-8-9-16(21)14(10-12)17(22)19-18-15-7-3-5-11-4-1-2-6-13(11)15/h1-2,4,6,8-10,20-21H,3,5,7H2,(H,19,22)/b18-15-. The molecule has 0 heterocycles. The maximum atomic E-state index is 12.1. The predicted octanol–water partition coefficient (Wildman–Crippen LogP) is 2.57. The number of hydrogen-bond acceptors (Lipinski definition) is 4. The summed E-state index contributed by atoms with van der Waals surface area (Å²) < 4.78 is 0. The number of benzene rings is 2. The van der Waals surface area contributed by atoms with E-state index in [-0.39, 0.29) is 17.1 Å². The summed E-state index contributed by atoms with van der Waals surface area (Å²) in [6, 6.07) is 11.8. The van der Waals surface area contributed by atoms with Gasteiger partial charge in [-0.2, -0.15) is 5.10 Å². The first-order valence-corrected chi connectivity index (χ1v) is 7.12. The van der Waals surface area contributed by atoms with Crippen LogP contribution in [0, 0.1) is 0 Å². The van der Waals surface area contributed by atoms with Crippen molar-refractivity contribution in [3.63, 3.8) is 0 Å². The van der Waals surface area contributed by atoms with Crippen LogP contribution in [0.1, 0.15) is 34.3 Å². The smallest absolute Gasteiger partial charge is 0.275 e. The molecule has 5 nitrogen and oxygen atoms in total. The molecule has 0 radical (unpaired) electrons. The van der Waals surface area contributed by atoms with Crippen LogP contribution in [0.2, 0.25) is 0 Å². The van der Waals surface area contributed by atoms with Crippen molar-refractivity contribution in [1.29, 1.82) is 0 Å². The van der Waals surface area contributed by atoms with Gasteiger partial charge in [0, 0.05) is 5.56 Å². The molecule has 3 N–H and O–H groups in total. The summed E-state index contributed by atoms with van der Waals surface area (Å²) in [7, 11) is 0. The molecule has 0 fully saturated rings. The van der Waals surface area contributed by atoms with Gasteiger partial charge in [-0.1, -0.05) is 24.3 Å². The number of carbonyl (C=O) groups is 1. The van der Waals surface area contributed by atoms with Gasteiger partial charge in [0.1, 0.15) is 11.5 Å². The van der Waals surface area contributed by atoms with E-state index in [1.807, 2.05) is 18.2 Å². The van der Waals surface area contributed by atoms with Gasteiger partial charge in [0.05, 0.1) is 11.3 Å². The zero-order valence-corrected chi connectivity index (χ0v) is 11.9.